The third-order valence-electron chi connectivity index (χ3n) is 4.94. The molecule has 0 aliphatic heterocycles. The lowest BCUT2D eigenvalue weighted by Gasteiger charge is -2.40. The Labute approximate surface area is 123 Å². The molecule has 1 aliphatic carbocycles. The first-order valence-corrected chi connectivity index (χ1v) is 8.02. The van der Waals surface area contributed by atoms with Gasteiger partial charge in [0.25, 0.3) is 0 Å². The van der Waals surface area contributed by atoms with Crippen molar-refractivity contribution in [1.29, 1.82) is 0 Å². The van der Waals surface area contributed by atoms with Crippen LogP contribution in [-0.2, 0) is 13.5 Å². The van der Waals surface area contributed by atoms with Gasteiger partial charge in [0.1, 0.15) is 0 Å². The van der Waals surface area contributed by atoms with Crippen LogP contribution in [0.3, 0.4) is 0 Å². The second-order valence-corrected chi connectivity index (χ2v) is 6.30. The van der Waals surface area contributed by atoms with Crippen LogP contribution >= 0.6 is 0 Å². The predicted octanol–water partition coefficient (Wildman–Crippen LogP) is 2.49. The van der Waals surface area contributed by atoms with Crippen molar-refractivity contribution in [2.75, 3.05) is 13.6 Å². The van der Waals surface area contributed by atoms with Gasteiger partial charge in [-0.25, -0.2) is 0 Å². The average Bonchev–Trinajstić information content (AvgIpc) is 2.81. The Kier molecular flexibility index (Phi) is 5.22. The fourth-order valence-corrected chi connectivity index (χ4v) is 3.75. The maximum atomic E-state index is 6.11. The van der Waals surface area contributed by atoms with Crippen LogP contribution in [0.4, 0.5) is 0 Å². The van der Waals surface area contributed by atoms with Crippen LogP contribution in [0.5, 0.6) is 0 Å². The molecular weight excluding hydrogens is 248 g/mol. The standard InChI is InChI=1S/C16H30N4/c1-5-14-13(11-19(3)18-14)16(10-17)20(4)15-9-7-6-8-12(15)2/h11-12,15-16H,5-10,17H2,1-4H3. The Hall–Kier alpha value is -0.870. The molecule has 1 aromatic heterocycles. The van der Waals surface area contributed by atoms with Crippen LogP contribution in [0.2, 0.25) is 0 Å². The second-order valence-electron chi connectivity index (χ2n) is 6.30. The molecule has 2 N–H and O–H groups in total. The van der Waals surface area contributed by atoms with Crippen molar-refractivity contribution < 1.29 is 0 Å². The number of aryl methyl sites for hydroxylation is 2. The summed E-state index contributed by atoms with van der Waals surface area (Å²) in [5, 5.41) is 4.58. The minimum absolute atomic E-state index is 0.296. The van der Waals surface area contributed by atoms with Gasteiger partial charge < -0.3 is 5.73 Å². The summed E-state index contributed by atoms with van der Waals surface area (Å²) in [7, 11) is 4.25. The third kappa shape index (κ3) is 3.07. The molecule has 114 valence electrons. The smallest absolute Gasteiger partial charge is 0.0670 e. The van der Waals surface area contributed by atoms with Crippen LogP contribution in [0.1, 0.15) is 56.8 Å². The summed E-state index contributed by atoms with van der Waals surface area (Å²) in [6.07, 6.45) is 8.51. The number of rotatable bonds is 5. The summed E-state index contributed by atoms with van der Waals surface area (Å²) in [6, 6.07) is 0.950. The van der Waals surface area contributed by atoms with Crippen molar-refractivity contribution in [3.63, 3.8) is 0 Å². The fourth-order valence-electron chi connectivity index (χ4n) is 3.75. The van der Waals surface area contributed by atoms with Gasteiger partial charge in [0.2, 0.25) is 0 Å². The highest BCUT2D eigenvalue weighted by Crippen LogP contribution is 2.33. The molecule has 20 heavy (non-hydrogen) atoms. The van der Waals surface area contributed by atoms with E-state index in [9.17, 15) is 0 Å². The first kappa shape index (κ1) is 15.5. The Morgan fingerprint density at radius 1 is 1.45 bits per heavy atom. The van der Waals surface area contributed by atoms with Gasteiger partial charge in [-0.3, -0.25) is 9.58 Å². The first-order chi connectivity index (χ1) is 9.58. The number of hydrogen-bond donors (Lipinski definition) is 1. The first-order valence-electron chi connectivity index (χ1n) is 8.02. The lowest BCUT2D eigenvalue weighted by Crippen LogP contribution is -2.43. The Balaban J connectivity index is 2.21. The molecule has 0 spiro atoms. The van der Waals surface area contributed by atoms with E-state index in [-0.39, 0.29) is 0 Å². The van der Waals surface area contributed by atoms with E-state index < -0.39 is 0 Å². The van der Waals surface area contributed by atoms with Crippen LogP contribution in [0, 0.1) is 5.92 Å². The minimum Gasteiger partial charge on any atom is -0.329 e. The molecule has 0 bridgehead atoms. The van der Waals surface area contributed by atoms with Gasteiger partial charge in [-0.2, -0.15) is 5.10 Å². The molecule has 1 saturated carbocycles. The molecule has 0 amide bonds. The Morgan fingerprint density at radius 2 is 2.15 bits per heavy atom. The number of hydrogen-bond acceptors (Lipinski definition) is 3. The van der Waals surface area contributed by atoms with Crippen molar-refractivity contribution >= 4 is 0 Å². The highest BCUT2D eigenvalue weighted by molar-refractivity contribution is 5.22. The predicted molar refractivity (Wildman–Crippen MR) is 83.6 cm³/mol. The van der Waals surface area contributed by atoms with E-state index >= 15 is 0 Å². The highest BCUT2D eigenvalue weighted by atomic mass is 15.3. The minimum atomic E-state index is 0.296. The summed E-state index contributed by atoms with van der Waals surface area (Å²) in [5.74, 6) is 0.768. The quantitative estimate of drug-likeness (QED) is 0.900. The molecule has 3 atom stereocenters. The Morgan fingerprint density at radius 3 is 2.75 bits per heavy atom. The normalized spacial score (nSPS) is 25.1. The lowest BCUT2D eigenvalue weighted by atomic mass is 9.84. The highest BCUT2D eigenvalue weighted by Gasteiger charge is 2.31. The molecule has 0 radical (unpaired) electrons. The Bertz CT molecular complexity index is 426. The summed E-state index contributed by atoms with van der Waals surface area (Å²) in [5.41, 5.74) is 8.62. The summed E-state index contributed by atoms with van der Waals surface area (Å²) in [4.78, 5) is 2.51. The van der Waals surface area contributed by atoms with Crippen molar-refractivity contribution in [2.45, 2.75) is 58.0 Å². The van der Waals surface area contributed by atoms with Crippen LogP contribution in [0.15, 0.2) is 6.20 Å². The molecule has 1 heterocycles. The number of aromatic nitrogens is 2. The largest absolute Gasteiger partial charge is 0.329 e. The van der Waals surface area contributed by atoms with E-state index in [1.54, 1.807) is 0 Å². The van der Waals surface area contributed by atoms with Gasteiger partial charge in [-0.1, -0.05) is 26.7 Å². The van der Waals surface area contributed by atoms with Crippen molar-refractivity contribution in [2.24, 2.45) is 18.7 Å². The van der Waals surface area contributed by atoms with Crippen molar-refractivity contribution in [3.8, 4) is 0 Å². The summed E-state index contributed by atoms with van der Waals surface area (Å²) in [6.45, 7) is 5.22. The van der Waals surface area contributed by atoms with Gasteiger partial charge in [-0.05, 0) is 32.2 Å². The zero-order valence-corrected chi connectivity index (χ0v) is 13.5. The zero-order valence-electron chi connectivity index (χ0n) is 13.5. The van der Waals surface area contributed by atoms with Gasteiger partial charge in [0, 0.05) is 31.4 Å². The molecule has 0 saturated heterocycles. The van der Waals surface area contributed by atoms with Gasteiger partial charge >= 0.3 is 0 Å². The van der Waals surface area contributed by atoms with E-state index in [0.29, 0.717) is 18.6 Å². The molecule has 2 rings (SSSR count). The van der Waals surface area contributed by atoms with Crippen LogP contribution < -0.4 is 5.73 Å². The third-order valence-corrected chi connectivity index (χ3v) is 4.94. The number of nitrogens with two attached hydrogens (primary N) is 1. The lowest BCUT2D eigenvalue weighted by molar-refractivity contribution is 0.0988. The van der Waals surface area contributed by atoms with E-state index in [2.05, 4.69) is 37.1 Å². The van der Waals surface area contributed by atoms with Gasteiger partial charge in [0.05, 0.1) is 11.7 Å². The van der Waals surface area contributed by atoms with E-state index in [1.807, 2.05) is 11.7 Å². The zero-order chi connectivity index (χ0) is 14.7. The molecule has 4 nitrogen and oxygen atoms in total. The molecule has 3 unspecified atom stereocenters. The molecule has 1 fully saturated rings. The van der Waals surface area contributed by atoms with E-state index in [0.717, 1.165) is 12.3 Å². The number of likely N-dealkylation sites (N-methyl/N-ethyl adjacent to an activating group) is 1. The second kappa shape index (κ2) is 6.72. The van der Waals surface area contributed by atoms with Crippen molar-refractivity contribution in [1.82, 2.24) is 14.7 Å². The topological polar surface area (TPSA) is 47.1 Å². The molecule has 1 aliphatic rings. The number of nitrogens with zero attached hydrogens (tertiary/aromatic N) is 3. The summed E-state index contributed by atoms with van der Waals surface area (Å²) < 4.78 is 1.93. The maximum Gasteiger partial charge on any atom is 0.0670 e. The van der Waals surface area contributed by atoms with Crippen LogP contribution in [-0.4, -0.2) is 34.3 Å². The molecule has 0 aromatic carbocycles. The van der Waals surface area contributed by atoms with Crippen LogP contribution in [0.25, 0.3) is 0 Å². The van der Waals surface area contributed by atoms with Gasteiger partial charge in [-0.15, -0.1) is 0 Å². The fraction of sp³-hybridized carbons (Fsp3) is 0.812. The summed E-state index contributed by atoms with van der Waals surface area (Å²) >= 11 is 0. The van der Waals surface area contributed by atoms with E-state index in [4.69, 9.17) is 5.73 Å². The van der Waals surface area contributed by atoms with Gasteiger partial charge in [0.15, 0.2) is 0 Å². The molecular formula is C16H30N4. The van der Waals surface area contributed by atoms with Crippen molar-refractivity contribution in [3.05, 3.63) is 17.5 Å². The maximum absolute atomic E-state index is 6.11. The average molecular weight is 278 g/mol. The molecule has 1 aromatic rings. The molecule has 4 heteroatoms. The van der Waals surface area contributed by atoms with E-state index in [1.165, 1.54) is 36.9 Å². The monoisotopic (exact) mass is 278 g/mol. The SMILES string of the molecule is CCc1nn(C)cc1C(CN)N(C)C1CCCCC1C.